The fourth-order valence-corrected chi connectivity index (χ4v) is 2.33. The zero-order chi connectivity index (χ0) is 14.4. The number of rotatable bonds is 4. The molecule has 0 aliphatic carbocycles. The van der Waals surface area contributed by atoms with Gasteiger partial charge in [-0.1, -0.05) is 18.2 Å². The van der Waals surface area contributed by atoms with Crippen molar-refractivity contribution in [3.05, 3.63) is 35.9 Å². The molecule has 1 aliphatic heterocycles. The number of benzene rings is 1. The Labute approximate surface area is 119 Å². The molecule has 5 nitrogen and oxygen atoms in total. The smallest absolute Gasteiger partial charge is 0.253 e. The zero-order valence-corrected chi connectivity index (χ0v) is 11.6. The first-order valence-corrected chi connectivity index (χ1v) is 7.04. The predicted molar refractivity (Wildman–Crippen MR) is 77.2 cm³/mol. The summed E-state index contributed by atoms with van der Waals surface area (Å²) in [6.45, 7) is 2.96. The highest BCUT2D eigenvalue weighted by atomic mass is 16.2. The Hall–Kier alpha value is -1.88. The van der Waals surface area contributed by atoms with Crippen molar-refractivity contribution >= 4 is 11.8 Å². The third-order valence-electron chi connectivity index (χ3n) is 3.54. The van der Waals surface area contributed by atoms with Gasteiger partial charge in [0.15, 0.2) is 0 Å². The number of hydrogen-bond donors (Lipinski definition) is 1. The fourth-order valence-electron chi connectivity index (χ4n) is 2.33. The Balaban J connectivity index is 1.85. The van der Waals surface area contributed by atoms with Crippen molar-refractivity contribution in [2.75, 3.05) is 32.7 Å². The van der Waals surface area contributed by atoms with Gasteiger partial charge < -0.3 is 15.5 Å². The van der Waals surface area contributed by atoms with Crippen molar-refractivity contribution in [3.63, 3.8) is 0 Å². The quantitative estimate of drug-likeness (QED) is 0.880. The molecule has 0 atom stereocenters. The Bertz CT molecular complexity index is 453. The molecule has 0 saturated carbocycles. The molecule has 0 aromatic heterocycles. The highest BCUT2D eigenvalue weighted by Gasteiger charge is 2.24. The number of piperazine rings is 1. The summed E-state index contributed by atoms with van der Waals surface area (Å²) >= 11 is 0. The minimum Gasteiger partial charge on any atom is -0.339 e. The van der Waals surface area contributed by atoms with E-state index in [0.717, 1.165) is 6.42 Å². The lowest BCUT2D eigenvalue weighted by atomic mass is 10.1. The van der Waals surface area contributed by atoms with E-state index in [0.29, 0.717) is 44.7 Å². The van der Waals surface area contributed by atoms with Gasteiger partial charge >= 0.3 is 0 Å². The molecule has 2 amide bonds. The lowest BCUT2D eigenvalue weighted by Crippen LogP contribution is -2.50. The van der Waals surface area contributed by atoms with Crippen molar-refractivity contribution in [1.82, 2.24) is 9.80 Å². The van der Waals surface area contributed by atoms with Crippen LogP contribution in [0.5, 0.6) is 0 Å². The van der Waals surface area contributed by atoms with Crippen LogP contribution in [0.1, 0.15) is 23.2 Å². The van der Waals surface area contributed by atoms with E-state index in [9.17, 15) is 9.59 Å². The molecule has 0 unspecified atom stereocenters. The van der Waals surface area contributed by atoms with E-state index in [1.54, 1.807) is 0 Å². The van der Waals surface area contributed by atoms with Crippen LogP contribution in [0.2, 0.25) is 0 Å². The molecular weight excluding hydrogens is 254 g/mol. The van der Waals surface area contributed by atoms with E-state index >= 15 is 0 Å². The van der Waals surface area contributed by atoms with Crippen LogP contribution in [0.25, 0.3) is 0 Å². The lowest BCUT2D eigenvalue weighted by molar-refractivity contribution is -0.132. The minimum absolute atomic E-state index is 0.0413. The Kier molecular flexibility index (Phi) is 5.12. The Morgan fingerprint density at radius 3 is 2.20 bits per heavy atom. The van der Waals surface area contributed by atoms with Gasteiger partial charge in [-0.25, -0.2) is 0 Å². The number of carbonyl (C=O) groups is 2. The van der Waals surface area contributed by atoms with E-state index in [1.807, 2.05) is 40.1 Å². The summed E-state index contributed by atoms with van der Waals surface area (Å²) in [5.41, 5.74) is 6.11. The fraction of sp³-hybridized carbons (Fsp3) is 0.467. The second kappa shape index (κ2) is 7.05. The van der Waals surface area contributed by atoms with E-state index < -0.39 is 0 Å². The van der Waals surface area contributed by atoms with E-state index in [4.69, 9.17) is 5.73 Å². The molecule has 20 heavy (non-hydrogen) atoms. The molecule has 0 bridgehead atoms. The van der Waals surface area contributed by atoms with Crippen molar-refractivity contribution in [2.24, 2.45) is 5.73 Å². The third kappa shape index (κ3) is 3.57. The summed E-state index contributed by atoms with van der Waals surface area (Å²) in [4.78, 5) is 27.8. The average Bonchev–Trinajstić information content (AvgIpc) is 2.53. The first-order valence-electron chi connectivity index (χ1n) is 7.04. The molecule has 2 N–H and O–H groups in total. The first-order chi connectivity index (χ1) is 9.72. The second-order valence-electron chi connectivity index (χ2n) is 4.93. The number of hydrogen-bond acceptors (Lipinski definition) is 3. The van der Waals surface area contributed by atoms with Gasteiger partial charge in [-0.3, -0.25) is 9.59 Å². The van der Waals surface area contributed by atoms with Crippen LogP contribution >= 0.6 is 0 Å². The van der Waals surface area contributed by atoms with E-state index in [2.05, 4.69) is 0 Å². The van der Waals surface area contributed by atoms with Crippen molar-refractivity contribution < 1.29 is 9.59 Å². The SMILES string of the molecule is NCCCC(=O)N1CCN(C(=O)c2ccccc2)CC1. The van der Waals surface area contributed by atoms with Gasteiger partial charge in [-0.05, 0) is 25.1 Å². The average molecular weight is 275 g/mol. The molecule has 1 aliphatic rings. The molecule has 0 spiro atoms. The molecule has 1 aromatic rings. The van der Waals surface area contributed by atoms with Crippen LogP contribution in [-0.2, 0) is 4.79 Å². The number of carbonyl (C=O) groups excluding carboxylic acids is 2. The van der Waals surface area contributed by atoms with E-state index in [-0.39, 0.29) is 11.8 Å². The number of amides is 2. The van der Waals surface area contributed by atoms with Crippen molar-refractivity contribution in [1.29, 1.82) is 0 Å². The minimum atomic E-state index is 0.0413. The van der Waals surface area contributed by atoms with Crippen LogP contribution in [0, 0.1) is 0 Å². The molecule has 2 rings (SSSR count). The van der Waals surface area contributed by atoms with E-state index in [1.165, 1.54) is 0 Å². The van der Waals surface area contributed by atoms with Gasteiger partial charge in [0.2, 0.25) is 5.91 Å². The first kappa shape index (κ1) is 14.5. The topological polar surface area (TPSA) is 66.6 Å². The van der Waals surface area contributed by atoms with Gasteiger partial charge in [0.1, 0.15) is 0 Å². The largest absolute Gasteiger partial charge is 0.339 e. The second-order valence-corrected chi connectivity index (χ2v) is 4.93. The maximum atomic E-state index is 12.3. The summed E-state index contributed by atoms with van der Waals surface area (Å²) in [7, 11) is 0. The van der Waals surface area contributed by atoms with Gasteiger partial charge in [0, 0.05) is 38.2 Å². The number of nitrogens with two attached hydrogens (primary N) is 1. The molecule has 5 heteroatoms. The summed E-state index contributed by atoms with van der Waals surface area (Å²) in [6.07, 6.45) is 1.23. The number of nitrogens with zero attached hydrogens (tertiary/aromatic N) is 2. The molecule has 0 radical (unpaired) electrons. The standard InChI is InChI=1S/C15H21N3O2/c16-8-4-7-14(19)17-9-11-18(12-10-17)15(20)13-5-2-1-3-6-13/h1-3,5-6H,4,7-12,16H2. The van der Waals surface area contributed by atoms with Gasteiger partial charge in [0.25, 0.3) is 5.91 Å². The third-order valence-corrected chi connectivity index (χ3v) is 3.54. The summed E-state index contributed by atoms with van der Waals surface area (Å²) in [5, 5.41) is 0. The molecule has 108 valence electrons. The van der Waals surface area contributed by atoms with Crippen LogP contribution in [-0.4, -0.2) is 54.3 Å². The monoisotopic (exact) mass is 275 g/mol. The predicted octanol–water partition coefficient (Wildman–Crippen LogP) is 0.710. The normalized spacial score (nSPS) is 15.2. The Morgan fingerprint density at radius 2 is 1.60 bits per heavy atom. The van der Waals surface area contributed by atoms with Gasteiger partial charge in [-0.2, -0.15) is 0 Å². The highest BCUT2D eigenvalue weighted by Crippen LogP contribution is 2.09. The molecule has 1 heterocycles. The molecule has 1 aromatic carbocycles. The summed E-state index contributed by atoms with van der Waals surface area (Å²) in [6, 6.07) is 9.26. The summed E-state index contributed by atoms with van der Waals surface area (Å²) in [5.74, 6) is 0.182. The molecular formula is C15H21N3O2. The maximum Gasteiger partial charge on any atom is 0.253 e. The highest BCUT2D eigenvalue weighted by molar-refractivity contribution is 5.94. The van der Waals surface area contributed by atoms with Crippen LogP contribution in [0.3, 0.4) is 0 Å². The van der Waals surface area contributed by atoms with Crippen LogP contribution in [0.4, 0.5) is 0 Å². The van der Waals surface area contributed by atoms with Crippen LogP contribution in [0.15, 0.2) is 30.3 Å². The van der Waals surface area contributed by atoms with Crippen LogP contribution < -0.4 is 5.73 Å². The Morgan fingerprint density at radius 1 is 1.00 bits per heavy atom. The zero-order valence-electron chi connectivity index (χ0n) is 11.6. The summed E-state index contributed by atoms with van der Waals surface area (Å²) < 4.78 is 0. The molecule has 1 fully saturated rings. The van der Waals surface area contributed by atoms with Gasteiger partial charge in [-0.15, -0.1) is 0 Å². The maximum absolute atomic E-state index is 12.3. The van der Waals surface area contributed by atoms with Crippen molar-refractivity contribution in [3.8, 4) is 0 Å². The lowest BCUT2D eigenvalue weighted by Gasteiger charge is -2.35. The molecule has 1 saturated heterocycles. The van der Waals surface area contributed by atoms with Gasteiger partial charge in [0.05, 0.1) is 0 Å². The van der Waals surface area contributed by atoms with Crippen molar-refractivity contribution in [2.45, 2.75) is 12.8 Å².